The van der Waals surface area contributed by atoms with Crippen LogP contribution in [0.2, 0.25) is 0 Å². The Bertz CT molecular complexity index is 1470. The van der Waals surface area contributed by atoms with E-state index >= 15 is 0 Å². The first-order valence-electron chi connectivity index (χ1n) is 10.6. The molecule has 0 aliphatic carbocycles. The Balaban J connectivity index is 1.67. The molecule has 35 heavy (non-hydrogen) atoms. The summed E-state index contributed by atoms with van der Waals surface area (Å²) < 4.78 is 52.1. The maximum atomic E-state index is 13.6. The fourth-order valence-electron chi connectivity index (χ4n) is 3.62. The van der Waals surface area contributed by atoms with E-state index in [9.17, 15) is 17.6 Å². The fraction of sp³-hybridized carbons (Fsp3) is 0.115. The molecule has 0 bridgehead atoms. The SMILES string of the molecule is COc1ccc(S(=O)(=O)N(CC(=O)Nc2ccc3ccccc3c2)c2ccc(F)cc2)cc1OC. The summed E-state index contributed by atoms with van der Waals surface area (Å²) in [6.45, 7) is -0.533. The average Bonchev–Trinajstić information content (AvgIpc) is 2.87. The van der Waals surface area contributed by atoms with Crippen LogP contribution in [0.25, 0.3) is 10.8 Å². The topological polar surface area (TPSA) is 84.9 Å². The van der Waals surface area contributed by atoms with Gasteiger partial charge in [-0.3, -0.25) is 9.10 Å². The molecular weight excluding hydrogens is 471 g/mol. The largest absolute Gasteiger partial charge is 0.493 e. The summed E-state index contributed by atoms with van der Waals surface area (Å²) in [6, 6.07) is 22.1. The fourth-order valence-corrected chi connectivity index (χ4v) is 5.06. The normalized spacial score (nSPS) is 11.2. The number of benzene rings is 4. The Morgan fingerprint density at radius 2 is 1.54 bits per heavy atom. The summed E-state index contributed by atoms with van der Waals surface area (Å²) >= 11 is 0. The molecule has 4 aromatic rings. The molecule has 0 fully saturated rings. The zero-order valence-corrected chi connectivity index (χ0v) is 19.9. The van der Waals surface area contributed by atoms with Crippen molar-refractivity contribution in [2.75, 3.05) is 30.4 Å². The number of anilines is 2. The average molecular weight is 495 g/mol. The minimum Gasteiger partial charge on any atom is -0.493 e. The Labute approximate surface area is 202 Å². The number of carbonyl (C=O) groups is 1. The number of amides is 1. The lowest BCUT2D eigenvalue weighted by molar-refractivity contribution is -0.114. The van der Waals surface area contributed by atoms with E-state index in [0.29, 0.717) is 11.4 Å². The molecule has 0 spiro atoms. The van der Waals surface area contributed by atoms with Crippen molar-refractivity contribution in [2.24, 2.45) is 0 Å². The molecule has 0 aliphatic heterocycles. The van der Waals surface area contributed by atoms with Gasteiger partial charge in [-0.2, -0.15) is 0 Å². The van der Waals surface area contributed by atoms with Gasteiger partial charge in [-0.15, -0.1) is 0 Å². The van der Waals surface area contributed by atoms with Crippen LogP contribution in [0.5, 0.6) is 11.5 Å². The number of methoxy groups -OCH3 is 2. The van der Waals surface area contributed by atoms with Crippen LogP contribution in [0, 0.1) is 5.82 Å². The van der Waals surface area contributed by atoms with Gasteiger partial charge in [0.05, 0.1) is 24.8 Å². The van der Waals surface area contributed by atoms with E-state index in [1.54, 1.807) is 12.1 Å². The molecule has 4 aromatic carbocycles. The smallest absolute Gasteiger partial charge is 0.264 e. The highest BCUT2D eigenvalue weighted by Crippen LogP contribution is 2.32. The monoisotopic (exact) mass is 494 g/mol. The molecule has 7 nitrogen and oxygen atoms in total. The van der Waals surface area contributed by atoms with E-state index in [-0.39, 0.29) is 16.3 Å². The Morgan fingerprint density at radius 1 is 0.857 bits per heavy atom. The van der Waals surface area contributed by atoms with Crippen molar-refractivity contribution in [1.82, 2.24) is 0 Å². The predicted molar refractivity (Wildman–Crippen MR) is 133 cm³/mol. The van der Waals surface area contributed by atoms with Crippen molar-refractivity contribution < 1.29 is 27.1 Å². The summed E-state index contributed by atoms with van der Waals surface area (Å²) in [4.78, 5) is 12.9. The molecule has 0 aromatic heterocycles. The van der Waals surface area contributed by atoms with Crippen LogP contribution in [0.4, 0.5) is 15.8 Å². The van der Waals surface area contributed by atoms with Gasteiger partial charge in [0.15, 0.2) is 11.5 Å². The molecule has 0 heterocycles. The zero-order valence-electron chi connectivity index (χ0n) is 19.1. The van der Waals surface area contributed by atoms with Crippen LogP contribution in [0.1, 0.15) is 0 Å². The lowest BCUT2D eigenvalue weighted by atomic mass is 10.1. The van der Waals surface area contributed by atoms with E-state index in [0.717, 1.165) is 27.2 Å². The third-order valence-electron chi connectivity index (χ3n) is 5.38. The van der Waals surface area contributed by atoms with Crippen LogP contribution in [0.15, 0.2) is 89.8 Å². The van der Waals surface area contributed by atoms with Crippen molar-refractivity contribution in [3.63, 3.8) is 0 Å². The molecule has 180 valence electrons. The van der Waals surface area contributed by atoms with Gasteiger partial charge in [0.25, 0.3) is 10.0 Å². The van der Waals surface area contributed by atoms with Gasteiger partial charge in [0.1, 0.15) is 12.4 Å². The van der Waals surface area contributed by atoms with Crippen molar-refractivity contribution in [3.8, 4) is 11.5 Å². The number of fused-ring (bicyclic) bond motifs is 1. The number of rotatable bonds is 8. The molecule has 0 unspecified atom stereocenters. The molecule has 0 atom stereocenters. The first-order chi connectivity index (χ1) is 16.8. The minimum absolute atomic E-state index is 0.113. The van der Waals surface area contributed by atoms with Crippen molar-refractivity contribution in [3.05, 3.63) is 90.7 Å². The Kier molecular flexibility index (Phi) is 6.88. The van der Waals surface area contributed by atoms with Gasteiger partial charge in [0.2, 0.25) is 5.91 Å². The van der Waals surface area contributed by atoms with E-state index < -0.39 is 28.3 Å². The molecule has 0 saturated heterocycles. The highest BCUT2D eigenvalue weighted by molar-refractivity contribution is 7.92. The number of nitrogens with zero attached hydrogens (tertiary/aromatic N) is 1. The van der Waals surface area contributed by atoms with Gasteiger partial charge in [0, 0.05) is 11.8 Å². The minimum atomic E-state index is -4.23. The van der Waals surface area contributed by atoms with Crippen LogP contribution in [-0.2, 0) is 14.8 Å². The van der Waals surface area contributed by atoms with Crippen molar-refractivity contribution >= 4 is 38.1 Å². The standard InChI is InChI=1S/C26H23FN2O5S/c1-33-24-14-13-23(16-25(24)34-2)35(31,32)29(22-11-8-20(27)9-12-22)17-26(30)28-21-10-7-18-5-3-4-6-19(18)15-21/h3-16H,17H2,1-2H3,(H,28,30). The van der Waals surface area contributed by atoms with Gasteiger partial charge < -0.3 is 14.8 Å². The summed E-state index contributed by atoms with van der Waals surface area (Å²) in [5, 5.41) is 4.68. The van der Waals surface area contributed by atoms with E-state index in [1.807, 2.05) is 30.3 Å². The summed E-state index contributed by atoms with van der Waals surface area (Å²) in [5.74, 6) is -0.520. The van der Waals surface area contributed by atoms with Crippen molar-refractivity contribution in [2.45, 2.75) is 4.90 Å². The number of ether oxygens (including phenoxy) is 2. The first kappa shape index (κ1) is 24.0. The third kappa shape index (κ3) is 5.20. The molecule has 9 heteroatoms. The lowest BCUT2D eigenvalue weighted by Crippen LogP contribution is -2.38. The molecule has 1 amide bonds. The number of nitrogens with one attached hydrogen (secondary N) is 1. The first-order valence-corrected chi connectivity index (χ1v) is 12.0. The molecule has 0 saturated carbocycles. The highest BCUT2D eigenvalue weighted by atomic mass is 32.2. The van der Waals surface area contributed by atoms with Gasteiger partial charge in [-0.25, -0.2) is 12.8 Å². The highest BCUT2D eigenvalue weighted by Gasteiger charge is 2.28. The van der Waals surface area contributed by atoms with E-state index in [4.69, 9.17) is 9.47 Å². The van der Waals surface area contributed by atoms with Crippen LogP contribution in [-0.4, -0.2) is 35.1 Å². The van der Waals surface area contributed by atoms with Gasteiger partial charge >= 0.3 is 0 Å². The molecule has 0 radical (unpaired) electrons. The maximum absolute atomic E-state index is 13.6. The number of carbonyl (C=O) groups excluding carboxylic acids is 1. The molecular formula is C26H23FN2O5S. The van der Waals surface area contributed by atoms with Crippen LogP contribution in [0.3, 0.4) is 0 Å². The van der Waals surface area contributed by atoms with Crippen molar-refractivity contribution in [1.29, 1.82) is 0 Å². The Morgan fingerprint density at radius 3 is 2.23 bits per heavy atom. The van der Waals surface area contributed by atoms with Crippen LogP contribution >= 0.6 is 0 Å². The maximum Gasteiger partial charge on any atom is 0.264 e. The van der Waals surface area contributed by atoms with Gasteiger partial charge in [-0.1, -0.05) is 30.3 Å². The Hall–Kier alpha value is -4.11. The lowest BCUT2D eigenvalue weighted by Gasteiger charge is -2.24. The summed E-state index contributed by atoms with van der Waals surface area (Å²) in [6.07, 6.45) is 0. The molecule has 0 aliphatic rings. The third-order valence-corrected chi connectivity index (χ3v) is 7.15. The summed E-state index contributed by atoms with van der Waals surface area (Å²) in [5.41, 5.74) is 0.658. The number of hydrogen-bond donors (Lipinski definition) is 1. The van der Waals surface area contributed by atoms with E-state index in [2.05, 4.69) is 5.32 Å². The zero-order chi connectivity index (χ0) is 25.0. The second kappa shape index (κ2) is 10.0. The predicted octanol–water partition coefficient (Wildman–Crippen LogP) is 4.83. The molecule has 4 rings (SSSR count). The molecule has 1 N–H and O–H groups in total. The quantitative estimate of drug-likeness (QED) is 0.379. The number of hydrogen-bond acceptors (Lipinski definition) is 5. The second-order valence-electron chi connectivity index (χ2n) is 7.61. The summed E-state index contributed by atoms with van der Waals surface area (Å²) in [7, 11) is -1.40. The second-order valence-corrected chi connectivity index (χ2v) is 9.48. The number of halogens is 1. The number of sulfonamides is 1. The van der Waals surface area contributed by atoms with Crippen LogP contribution < -0.4 is 19.1 Å². The van der Waals surface area contributed by atoms with E-state index in [1.165, 1.54) is 44.6 Å². The van der Waals surface area contributed by atoms with Gasteiger partial charge in [-0.05, 0) is 59.3 Å².